The van der Waals surface area contributed by atoms with Crippen molar-refractivity contribution < 1.29 is 13.2 Å². The fourth-order valence-corrected chi connectivity index (χ4v) is 3.34. The smallest absolute Gasteiger partial charge is 0.239 e. The van der Waals surface area contributed by atoms with Crippen molar-refractivity contribution >= 4 is 21.6 Å². The summed E-state index contributed by atoms with van der Waals surface area (Å²) in [6.07, 6.45) is 1.12. The fourth-order valence-electron chi connectivity index (χ4n) is 2.60. The van der Waals surface area contributed by atoms with Gasteiger partial charge in [0.2, 0.25) is 15.9 Å². The summed E-state index contributed by atoms with van der Waals surface area (Å²) in [4.78, 5) is 12.4. The van der Waals surface area contributed by atoms with Crippen LogP contribution in [0.15, 0.2) is 48.5 Å². The van der Waals surface area contributed by atoms with Crippen LogP contribution in [0.4, 0.5) is 5.69 Å². The number of nitrogens with one attached hydrogen (secondary N) is 1. The second-order valence-corrected chi connectivity index (χ2v) is 9.87. The van der Waals surface area contributed by atoms with Crippen LogP contribution in [0.1, 0.15) is 37.5 Å². The van der Waals surface area contributed by atoms with Gasteiger partial charge in [-0.05, 0) is 35.6 Å². The van der Waals surface area contributed by atoms with Gasteiger partial charge in [0.15, 0.2) is 0 Å². The molecule has 0 aromatic heterocycles. The predicted octanol–water partition coefficient (Wildman–Crippen LogP) is 3.69. The van der Waals surface area contributed by atoms with Crippen LogP contribution in [0.25, 0.3) is 0 Å². The first-order chi connectivity index (χ1) is 12.4. The molecule has 0 aliphatic heterocycles. The Morgan fingerprint density at radius 1 is 1.00 bits per heavy atom. The molecule has 5 nitrogen and oxygen atoms in total. The topological polar surface area (TPSA) is 66.5 Å². The van der Waals surface area contributed by atoms with Crippen LogP contribution >= 0.6 is 0 Å². The highest BCUT2D eigenvalue weighted by Gasteiger charge is 2.21. The largest absolute Gasteiger partial charge is 0.325 e. The minimum atomic E-state index is -3.51. The highest BCUT2D eigenvalue weighted by Crippen LogP contribution is 2.23. The van der Waals surface area contributed by atoms with E-state index in [4.69, 9.17) is 0 Å². The van der Waals surface area contributed by atoms with Crippen molar-refractivity contribution in [3.63, 3.8) is 0 Å². The Morgan fingerprint density at radius 3 is 2.04 bits per heavy atom. The minimum absolute atomic E-state index is 0.0314. The number of anilines is 1. The highest BCUT2D eigenvalue weighted by atomic mass is 32.2. The summed E-state index contributed by atoms with van der Waals surface area (Å²) >= 11 is 0. The Balaban J connectivity index is 2.06. The molecule has 0 heterocycles. The molecule has 0 spiro atoms. The SMILES string of the molecule is Cc1ccc(CN(CC(=O)Nc2ccc(C(C)(C)C)cc2)S(C)(=O)=O)cc1. The first-order valence-electron chi connectivity index (χ1n) is 8.86. The summed E-state index contributed by atoms with van der Waals surface area (Å²) in [5.41, 5.74) is 3.79. The lowest BCUT2D eigenvalue weighted by Gasteiger charge is -2.21. The second kappa shape index (κ2) is 8.23. The van der Waals surface area contributed by atoms with Crippen molar-refractivity contribution in [2.45, 2.75) is 39.7 Å². The normalized spacial score (nSPS) is 12.2. The van der Waals surface area contributed by atoms with E-state index in [1.165, 1.54) is 4.31 Å². The Morgan fingerprint density at radius 2 is 1.56 bits per heavy atom. The first-order valence-corrected chi connectivity index (χ1v) is 10.7. The summed E-state index contributed by atoms with van der Waals surface area (Å²) < 4.78 is 25.4. The maximum Gasteiger partial charge on any atom is 0.239 e. The molecule has 2 rings (SSSR count). The number of hydrogen-bond donors (Lipinski definition) is 1. The molecular weight excluding hydrogens is 360 g/mol. The molecule has 0 saturated carbocycles. The van der Waals surface area contributed by atoms with E-state index in [9.17, 15) is 13.2 Å². The summed E-state index contributed by atoms with van der Waals surface area (Å²) in [5, 5.41) is 2.77. The van der Waals surface area contributed by atoms with Crippen LogP contribution in [-0.2, 0) is 26.8 Å². The summed E-state index contributed by atoms with van der Waals surface area (Å²) in [6, 6.07) is 15.2. The van der Waals surface area contributed by atoms with Gasteiger partial charge in [0.25, 0.3) is 0 Å². The van der Waals surface area contributed by atoms with Gasteiger partial charge in [0.1, 0.15) is 0 Å². The standard InChI is InChI=1S/C21H28N2O3S/c1-16-6-8-17(9-7-16)14-23(27(5,25)26)15-20(24)22-19-12-10-18(11-13-19)21(2,3)4/h6-13H,14-15H2,1-5H3,(H,22,24). The fraction of sp³-hybridized carbons (Fsp3) is 0.381. The van der Waals surface area contributed by atoms with Gasteiger partial charge in [-0.1, -0.05) is 62.7 Å². The molecule has 27 heavy (non-hydrogen) atoms. The van der Waals surface area contributed by atoms with Gasteiger partial charge in [-0.3, -0.25) is 4.79 Å². The second-order valence-electron chi connectivity index (χ2n) is 7.89. The van der Waals surface area contributed by atoms with E-state index in [1.807, 2.05) is 55.5 Å². The Hall–Kier alpha value is -2.18. The van der Waals surface area contributed by atoms with E-state index in [2.05, 4.69) is 26.1 Å². The monoisotopic (exact) mass is 388 g/mol. The van der Waals surface area contributed by atoms with E-state index in [0.29, 0.717) is 5.69 Å². The van der Waals surface area contributed by atoms with Gasteiger partial charge in [-0.15, -0.1) is 0 Å². The van der Waals surface area contributed by atoms with Crippen molar-refractivity contribution in [2.24, 2.45) is 0 Å². The van der Waals surface area contributed by atoms with Gasteiger partial charge >= 0.3 is 0 Å². The highest BCUT2D eigenvalue weighted by molar-refractivity contribution is 7.88. The van der Waals surface area contributed by atoms with E-state index in [1.54, 1.807) is 0 Å². The third kappa shape index (κ3) is 6.48. The molecule has 2 aromatic carbocycles. The lowest BCUT2D eigenvalue weighted by Crippen LogP contribution is -2.36. The quantitative estimate of drug-likeness (QED) is 0.821. The van der Waals surface area contributed by atoms with Crippen molar-refractivity contribution in [2.75, 3.05) is 18.1 Å². The molecule has 0 unspecified atom stereocenters. The van der Waals surface area contributed by atoms with Crippen LogP contribution in [-0.4, -0.2) is 31.4 Å². The zero-order valence-corrected chi connectivity index (χ0v) is 17.4. The molecule has 0 aliphatic carbocycles. The molecule has 6 heteroatoms. The number of benzene rings is 2. The third-order valence-corrected chi connectivity index (χ3v) is 5.50. The molecule has 0 aliphatic rings. The maximum absolute atomic E-state index is 12.4. The van der Waals surface area contributed by atoms with Crippen LogP contribution in [0.2, 0.25) is 0 Å². The number of rotatable bonds is 6. The molecule has 0 atom stereocenters. The lowest BCUT2D eigenvalue weighted by molar-refractivity contribution is -0.116. The zero-order valence-electron chi connectivity index (χ0n) is 16.6. The Kier molecular flexibility index (Phi) is 6.44. The third-order valence-electron chi connectivity index (χ3n) is 4.30. The van der Waals surface area contributed by atoms with Gasteiger partial charge in [-0.25, -0.2) is 8.42 Å². The number of amides is 1. The Bertz CT molecular complexity index is 881. The number of nitrogens with zero attached hydrogens (tertiary/aromatic N) is 1. The van der Waals surface area contributed by atoms with Crippen LogP contribution in [0, 0.1) is 6.92 Å². The van der Waals surface area contributed by atoms with Gasteiger partial charge in [0.05, 0.1) is 12.8 Å². The summed E-state index contributed by atoms with van der Waals surface area (Å²) in [6.45, 7) is 8.26. The summed E-state index contributed by atoms with van der Waals surface area (Å²) in [7, 11) is -3.51. The molecule has 1 amide bonds. The van der Waals surface area contributed by atoms with Crippen LogP contribution in [0.5, 0.6) is 0 Å². The molecule has 2 aromatic rings. The van der Waals surface area contributed by atoms with E-state index in [-0.39, 0.29) is 24.4 Å². The number of carbonyl (C=O) groups excluding carboxylic acids is 1. The number of hydrogen-bond acceptors (Lipinski definition) is 3. The van der Waals surface area contributed by atoms with Crippen molar-refractivity contribution in [3.8, 4) is 0 Å². The first kappa shape index (κ1) is 21.1. The minimum Gasteiger partial charge on any atom is -0.325 e. The zero-order chi connectivity index (χ0) is 20.2. The van der Waals surface area contributed by atoms with E-state index >= 15 is 0 Å². The molecule has 0 radical (unpaired) electrons. The molecule has 0 fully saturated rings. The van der Waals surface area contributed by atoms with E-state index in [0.717, 1.165) is 22.9 Å². The van der Waals surface area contributed by atoms with E-state index < -0.39 is 10.0 Å². The van der Waals surface area contributed by atoms with Crippen molar-refractivity contribution in [3.05, 3.63) is 65.2 Å². The molecular formula is C21H28N2O3S. The number of carbonyl (C=O) groups is 1. The maximum atomic E-state index is 12.4. The van der Waals surface area contributed by atoms with Crippen LogP contribution < -0.4 is 5.32 Å². The lowest BCUT2D eigenvalue weighted by atomic mass is 9.87. The van der Waals surface area contributed by atoms with Crippen molar-refractivity contribution in [1.82, 2.24) is 4.31 Å². The number of aryl methyl sites for hydroxylation is 1. The molecule has 0 bridgehead atoms. The van der Waals surface area contributed by atoms with Gasteiger partial charge in [-0.2, -0.15) is 4.31 Å². The van der Waals surface area contributed by atoms with Crippen LogP contribution in [0.3, 0.4) is 0 Å². The molecule has 1 N–H and O–H groups in total. The average molecular weight is 389 g/mol. The average Bonchev–Trinajstić information content (AvgIpc) is 2.55. The van der Waals surface area contributed by atoms with Gasteiger partial charge < -0.3 is 5.32 Å². The Labute approximate surface area is 162 Å². The van der Waals surface area contributed by atoms with Crippen molar-refractivity contribution in [1.29, 1.82) is 0 Å². The molecule has 146 valence electrons. The molecule has 0 saturated heterocycles. The summed E-state index contributed by atoms with van der Waals surface area (Å²) in [5.74, 6) is -0.365. The number of sulfonamides is 1. The van der Waals surface area contributed by atoms with Gasteiger partial charge in [0, 0.05) is 12.2 Å². The predicted molar refractivity (Wildman–Crippen MR) is 110 cm³/mol.